The zero-order valence-electron chi connectivity index (χ0n) is 15.5. The molecule has 1 unspecified atom stereocenters. The van der Waals surface area contributed by atoms with E-state index in [9.17, 15) is 17.6 Å². The van der Waals surface area contributed by atoms with Crippen LogP contribution in [0.4, 0.5) is 4.39 Å². The summed E-state index contributed by atoms with van der Waals surface area (Å²) in [5.41, 5.74) is 0.130. The highest BCUT2D eigenvalue weighted by Crippen LogP contribution is 2.33. The molecule has 0 aliphatic carbocycles. The van der Waals surface area contributed by atoms with Gasteiger partial charge in [0.2, 0.25) is 15.9 Å². The highest BCUT2D eigenvalue weighted by molar-refractivity contribution is 7.89. The SMILES string of the molecule is CC1(C(=O)NCc2ccccc2)CCCN(S(=O)(=O)c2ccc(F)c(Cl)c2)C1. The van der Waals surface area contributed by atoms with Crippen molar-refractivity contribution in [3.8, 4) is 0 Å². The quantitative estimate of drug-likeness (QED) is 0.797. The summed E-state index contributed by atoms with van der Waals surface area (Å²) < 4.78 is 40.6. The van der Waals surface area contributed by atoms with Crippen molar-refractivity contribution in [3.05, 3.63) is 64.9 Å². The number of amides is 1. The molecule has 1 aliphatic rings. The third-order valence-corrected chi connectivity index (χ3v) is 7.17. The molecule has 3 rings (SSSR count). The number of nitrogens with one attached hydrogen (secondary N) is 1. The fourth-order valence-electron chi connectivity index (χ4n) is 3.36. The van der Waals surface area contributed by atoms with Crippen LogP contribution in [-0.2, 0) is 21.4 Å². The highest BCUT2D eigenvalue weighted by Gasteiger charge is 2.41. The summed E-state index contributed by atoms with van der Waals surface area (Å²) in [6, 6.07) is 12.9. The lowest BCUT2D eigenvalue weighted by Gasteiger charge is -2.38. The normalized spacial score (nSPS) is 20.7. The van der Waals surface area contributed by atoms with Crippen LogP contribution >= 0.6 is 11.6 Å². The van der Waals surface area contributed by atoms with Crippen molar-refractivity contribution in [1.82, 2.24) is 9.62 Å². The number of hydrogen-bond donors (Lipinski definition) is 1. The number of halogens is 2. The van der Waals surface area contributed by atoms with E-state index in [0.29, 0.717) is 25.9 Å². The molecule has 1 saturated heterocycles. The number of nitrogens with zero attached hydrogens (tertiary/aromatic N) is 1. The Hall–Kier alpha value is -1.96. The van der Waals surface area contributed by atoms with Gasteiger partial charge in [-0.1, -0.05) is 41.9 Å². The molecule has 0 spiro atoms. The first-order valence-corrected chi connectivity index (χ1v) is 10.8. The predicted octanol–water partition coefficient (Wildman–Crippen LogP) is 3.59. The largest absolute Gasteiger partial charge is 0.352 e. The minimum atomic E-state index is -3.87. The summed E-state index contributed by atoms with van der Waals surface area (Å²) in [4.78, 5) is 12.7. The second-order valence-electron chi connectivity index (χ2n) is 7.25. The second-order valence-corrected chi connectivity index (χ2v) is 9.59. The number of sulfonamides is 1. The van der Waals surface area contributed by atoms with Gasteiger partial charge in [0, 0.05) is 19.6 Å². The molecule has 150 valence electrons. The van der Waals surface area contributed by atoms with E-state index in [1.54, 1.807) is 6.92 Å². The van der Waals surface area contributed by atoms with Crippen molar-refractivity contribution in [2.75, 3.05) is 13.1 Å². The van der Waals surface area contributed by atoms with E-state index in [4.69, 9.17) is 11.6 Å². The number of benzene rings is 2. The average Bonchev–Trinajstić information content (AvgIpc) is 2.69. The van der Waals surface area contributed by atoms with E-state index in [0.717, 1.165) is 17.7 Å². The maximum absolute atomic E-state index is 13.4. The fourth-order valence-corrected chi connectivity index (χ4v) is 5.24. The van der Waals surface area contributed by atoms with E-state index in [1.807, 2.05) is 30.3 Å². The van der Waals surface area contributed by atoms with E-state index in [2.05, 4.69) is 5.32 Å². The van der Waals surface area contributed by atoms with Gasteiger partial charge in [0.15, 0.2) is 0 Å². The first-order valence-electron chi connectivity index (χ1n) is 9.00. The molecule has 2 aromatic carbocycles. The standard InChI is InChI=1S/C20H22ClFN2O3S/c1-20(19(25)23-13-15-6-3-2-4-7-15)10-5-11-24(14-20)28(26,27)16-8-9-18(22)17(21)12-16/h2-4,6-9,12H,5,10-11,13-14H2,1H3,(H,23,25). The summed E-state index contributed by atoms with van der Waals surface area (Å²) in [7, 11) is -3.87. The van der Waals surface area contributed by atoms with Crippen molar-refractivity contribution in [2.24, 2.45) is 5.41 Å². The van der Waals surface area contributed by atoms with Crippen molar-refractivity contribution < 1.29 is 17.6 Å². The van der Waals surface area contributed by atoms with E-state index in [1.165, 1.54) is 10.4 Å². The van der Waals surface area contributed by atoms with Gasteiger partial charge in [-0.2, -0.15) is 4.31 Å². The van der Waals surface area contributed by atoms with Crippen LogP contribution in [0.25, 0.3) is 0 Å². The van der Waals surface area contributed by atoms with Crippen LogP contribution < -0.4 is 5.32 Å². The van der Waals surface area contributed by atoms with E-state index < -0.39 is 21.3 Å². The van der Waals surface area contributed by atoms with E-state index >= 15 is 0 Å². The minimum Gasteiger partial charge on any atom is -0.352 e. The van der Waals surface area contributed by atoms with Crippen molar-refractivity contribution in [1.29, 1.82) is 0 Å². The molecule has 1 N–H and O–H groups in total. The summed E-state index contributed by atoms with van der Waals surface area (Å²) >= 11 is 5.74. The van der Waals surface area contributed by atoms with Crippen molar-refractivity contribution >= 4 is 27.5 Å². The Morgan fingerprint density at radius 2 is 1.96 bits per heavy atom. The molecular formula is C20H22ClFN2O3S. The molecule has 0 saturated carbocycles. The Labute approximate surface area is 169 Å². The van der Waals surface area contributed by atoms with Gasteiger partial charge in [0.25, 0.3) is 0 Å². The number of rotatable bonds is 5. The van der Waals surface area contributed by atoms with Gasteiger partial charge in [-0.05, 0) is 43.5 Å². The maximum atomic E-state index is 13.4. The molecule has 0 bridgehead atoms. The van der Waals surface area contributed by atoms with Crippen LogP contribution in [-0.4, -0.2) is 31.7 Å². The first kappa shape index (κ1) is 20.8. The Balaban J connectivity index is 1.74. The molecule has 8 heteroatoms. The number of carbonyl (C=O) groups excluding carboxylic acids is 1. The zero-order chi connectivity index (χ0) is 20.4. The van der Waals surface area contributed by atoms with Gasteiger partial charge < -0.3 is 5.32 Å². The lowest BCUT2D eigenvalue weighted by atomic mass is 9.82. The summed E-state index contributed by atoms with van der Waals surface area (Å²) in [6.07, 6.45) is 1.15. The minimum absolute atomic E-state index is 0.0605. The van der Waals surface area contributed by atoms with E-state index in [-0.39, 0.29) is 22.4 Å². The third kappa shape index (κ3) is 4.37. The van der Waals surface area contributed by atoms with Gasteiger partial charge in [-0.15, -0.1) is 0 Å². The molecule has 1 amide bonds. The molecule has 1 fully saturated rings. The monoisotopic (exact) mass is 424 g/mol. The second kappa shape index (κ2) is 8.19. The molecule has 1 heterocycles. The van der Waals surface area contributed by atoms with Crippen LogP contribution in [0.1, 0.15) is 25.3 Å². The Morgan fingerprint density at radius 3 is 2.64 bits per heavy atom. The molecule has 28 heavy (non-hydrogen) atoms. The molecular weight excluding hydrogens is 403 g/mol. The Bertz CT molecular complexity index is 969. The van der Waals surface area contributed by atoms with Crippen molar-refractivity contribution in [3.63, 3.8) is 0 Å². The lowest BCUT2D eigenvalue weighted by molar-refractivity contribution is -0.132. The van der Waals surface area contributed by atoms with Gasteiger partial charge in [-0.25, -0.2) is 12.8 Å². The zero-order valence-corrected chi connectivity index (χ0v) is 17.1. The van der Waals surface area contributed by atoms with Crippen molar-refractivity contribution in [2.45, 2.75) is 31.2 Å². The van der Waals surface area contributed by atoms with Gasteiger partial charge in [0.05, 0.1) is 15.3 Å². The van der Waals surface area contributed by atoms with Crippen LogP contribution in [0, 0.1) is 11.2 Å². The Morgan fingerprint density at radius 1 is 1.25 bits per heavy atom. The molecule has 0 radical (unpaired) electrons. The fraction of sp³-hybridized carbons (Fsp3) is 0.350. The average molecular weight is 425 g/mol. The third-order valence-electron chi connectivity index (χ3n) is 5.03. The molecule has 0 aromatic heterocycles. The molecule has 5 nitrogen and oxygen atoms in total. The first-order chi connectivity index (χ1) is 13.2. The van der Waals surface area contributed by atoms with Gasteiger partial charge in [0.1, 0.15) is 5.82 Å². The van der Waals surface area contributed by atoms with Gasteiger partial charge >= 0.3 is 0 Å². The predicted molar refractivity (Wildman–Crippen MR) is 106 cm³/mol. The van der Waals surface area contributed by atoms with Crippen LogP contribution in [0.15, 0.2) is 53.4 Å². The van der Waals surface area contributed by atoms with Crippen LogP contribution in [0.3, 0.4) is 0 Å². The van der Waals surface area contributed by atoms with Crippen LogP contribution in [0.2, 0.25) is 5.02 Å². The number of hydrogen-bond acceptors (Lipinski definition) is 3. The molecule has 1 aliphatic heterocycles. The maximum Gasteiger partial charge on any atom is 0.243 e. The summed E-state index contributed by atoms with van der Waals surface area (Å²) in [6.45, 7) is 2.52. The van der Waals surface area contributed by atoms with Crippen LogP contribution in [0.5, 0.6) is 0 Å². The Kier molecular flexibility index (Phi) is 6.07. The molecule has 1 atom stereocenters. The van der Waals surface area contributed by atoms with Gasteiger partial charge in [-0.3, -0.25) is 4.79 Å². The highest BCUT2D eigenvalue weighted by atomic mass is 35.5. The lowest BCUT2D eigenvalue weighted by Crippen LogP contribution is -2.51. The molecule has 2 aromatic rings. The topological polar surface area (TPSA) is 66.5 Å². The number of piperidine rings is 1. The number of carbonyl (C=O) groups is 1. The summed E-state index contributed by atoms with van der Waals surface area (Å²) in [5.74, 6) is -0.863. The summed E-state index contributed by atoms with van der Waals surface area (Å²) in [5, 5.41) is 2.66. The smallest absolute Gasteiger partial charge is 0.243 e.